The van der Waals surface area contributed by atoms with Crippen molar-refractivity contribution in [2.75, 3.05) is 32.6 Å². The zero-order valence-corrected chi connectivity index (χ0v) is 20.6. The second-order valence-corrected chi connectivity index (χ2v) is 10.1. The lowest BCUT2D eigenvalue weighted by Gasteiger charge is -2.36. The number of benzene rings is 2. The summed E-state index contributed by atoms with van der Waals surface area (Å²) in [6.45, 7) is 1.88. The number of methoxy groups -OCH3 is 2. The zero-order valence-electron chi connectivity index (χ0n) is 20.6. The lowest BCUT2D eigenvalue weighted by molar-refractivity contribution is -0.130. The number of nitrogens with zero attached hydrogens (tertiary/aromatic N) is 1. The number of amides is 2. The van der Waals surface area contributed by atoms with Gasteiger partial charge in [0.25, 0.3) is 0 Å². The van der Waals surface area contributed by atoms with Crippen molar-refractivity contribution >= 4 is 17.5 Å². The van der Waals surface area contributed by atoms with Crippen molar-refractivity contribution in [1.82, 2.24) is 10.2 Å². The smallest absolute Gasteiger partial charge is 0.228 e. The fourth-order valence-corrected chi connectivity index (χ4v) is 5.38. The van der Waals surface area contributed by atoms with Crippen molar-refractivity contribution in [1.29, 1.82) is 0 Å². The van der Waals surface area contributed by atoms with Crippen LogP contribution < -0.4 is 20.1 Å². The first kappa shape index (κ1) is 23.7. The molecule has 2 aromatic rings. The first-order valence-corrected chi connectivity index (χ1v) is 12.7. The Labute approximate surface area is 207 Å². The van der Waals surface area contributed by atoms with E-state index >= 15 is 0 Å². The molecule has 2 aromatic carbocycles. The van der Waals surface area contributed by atoms with Gasteiger partial charge in [0.15, 0.2) is 11.5 Å². The molecule has 2 amide bonds. The third kappa shape index (κ3) is 5.61. The van der Waals surface area contributed by atoms with Gasteiger partial charge in [0.1, 0.15) is 0 Å². The van der Waals surface area contributed by atoms with Gasteiger partial charge in [-0.05, 0) is 79.5 Å². The van der Waals surface area contributed by atoms with Crippen LogP contribution in [0.1, 0.15) is 42.4 Å². The van der Waals surface area contributed by atoms with Gasteiger partial charge >= 0.3 is 0 Å². The van der Waals surface area contributed by atoms with E-state index in [-0.39, 0.29) is 23.7 Å². The van der Waals surface area contributed by atoms with Crippen LogP contribution in [0.5, 0.6) is 11.5 Å². The molecular weight excluding hydrogens is 442 g/mol. The summed E-state index contributed by atoms with van der Waals surface area (Å²) in [6.07, 6.45) is 6.04. The molecule has 2 aliphatic carbocycles. The molecule has 1 saturated heterocycles. The summed E-state index contributed by atoms with van der Waals surface area (Å²) in [5.41, 5.74) is 4.64. The minimum atomic E-state index is -0.257. The number of hydrogen-bond donors (Lipinski definition) is 2. The Bertz CT molecular complexity index is 1100. The second kappa shape index (κ2) is 10.3. The fourth-order valence-electron chi connectivity index (χ4n) is 5.38. The Balaban J connectivity index is 1.30. The average Bonchev–Trinajstić information content (AvgIpc) is 3.56. The summed E-state index contributed by atoms with van der Waals surface area (Å²) in [5.74, 6) is 0.954. The number of ether oxygens (including phenoxy) is 2. The summed E-state index contributed by atoms with van der Waals surface area (Å²) >= 11 is 0. The summed E-state index contributed by atoms with van der Waals surface area (Å²) in [4.78, 5) is 28.5. The molecular formula is C28H35N3O4. The molecule has 2 atom stereocenters. The number of likely N-dealkylation sites (tertiary alicyclic amines) is 1. The molecule has 0 bridgehead atoms. The SMILES string of the molecule is COc1ccc(CN2C[C@H](C(=O)Nc3ccc4c(c3)CCC4)C[C@H](C(=O)NC3CC3)C2)cc1OC. The Hall–Kier alpha value is -3.06. The maximum Gasteiger partial charge on any atom is 0.228 e. The van der Waals surface area contributed by atoms with Gasteiger partial charge in [-0.3, -0.25) is 14.5 Å². The molecule has 0 unspecified atom stereocenters. The Kier molecular flexibility index (Phi) is 6.95. The van der Waals surface area contributed by atoms with E-state index in [2.05, 4.69) is 27.7 Å². The van der Waals surface area contributed by atoms with Crippen molar-refractivity contribution in [3.63, 3.8) is 0 Å². The van der Waals surface area contributed by atoms with Crippen molar-refractivity contribution < 1.29 is 19.1 Å². The number of rotatable bonds is 8. The van der Waals surface area contributed by atoms with Crippen molar-refractivity contribution in [2.45, 2.75) is 51.1 Å². The number of piperidine rings is 1. The Morgan fingerprint density at radius 3 is 2.40 bits per heavy atom. The molecule has 0 aromatic heterocycles. The van der Waals surface area contributed by atoms with Gasteiger partial charge in [-0.15, -0.1) is 0 Å². The van der Waals surface area contributed by atoms with Crippen molar-refractivity contribution in [3.8, 4) is 11.5 Å². The minimum Gasteiger partial charge on any atom is -0.493 e. The molecule has 2 N–H and O–H groups in total. The second-order valence-electron chi connectivity index (χ2n) is 10.1. The van der Waals surface area contributed by atoms with E-state index in [1.807, 2.05) is 24.3 Å². The highest BCUT2D eigenvalue weighted by atomic mass is 16.5. The van der Waals surface area contributed by atoms with E-state index in [1.165, 1.54) is 17.5 Å². The maximum atomic E-state index is 13.3. The third-order valence-electron chi connectivity index (χ3n) is 7.41. The standard InChI is InChI=1S/C28H35N3O4/c1-34-25-11-6-18(12-26(25)35-2)15-31-16-21(27(32)29-23-9-10-23)13-22(17-31)28(33)30-24-8-7-19-4-3-5-20(19)14-24/h6-8,11-12,14,21-23H,3-5,9-10,13,15-17H2,1-2H3,(H,29,32)(H,30,33)/t21-,22+/m0/s1. The molecule has 1 saturated carbocycles. The number of anilines is 1. The lowest BCUT2D eigenvalue weighted by Crippen LogP contribution is -2.49. The number of aryl methyl sites for hydroxylation is 2. The molecule has 2 fully saturated rings. The van der Waals surface area contributed by atoms with Gasteiger partial charge in [0.05, 0.1) is 26.1 Å². The van der Waals surface area contributed by atoms with E-state index in [0.717, 1.165) is 36.9 Å². The largest absolute Gasteiger partial charge is 0.493 e. The summed E-state index contributed by atoms with van der Waals surface area (Å²) in [6, 6.07) is 12.4. The van der Waals surface area contributed by atoms with E-state index in [9.17, 15) is 9.59 Å². The van der Waals surface area contributed by atoms with Crippen molar-refractivity contribution in [2.24, 2.45) is 11.8 Å². The first-order chi connectivity index (χ1) is 17.0. The molecule has 35 heavy (non-hydrogen) atoms. The van der Waals surface area contributed by atoms with Gasteiger partial charge in [0.2, 0.25) is 11.8 Å². The van der Waals surface area contributed by atoms with Crippen LogP contribution in [-0.2, 0) is 29.0 Å². The fraction of sp³-hybridized carbons (Fsp3) is 0.500. The van der Waals surface area contributed by atoms with Crippen LogP contribution in [0.25, 0.3) is 0 Å². The van der Waals surface area contributed by atoms with Gasteiger partial charge in [-0.2, -0.15) is 0 Å². The highest BCUT2D eigenvalue weighted by molar-refractivity contribution is 5.93. The first-order valence-electron chi connectivity index (χ1n) is 12.7. The van der Waals surface area contributed by atoms with Gasteiger partial charge in [-0.1, -0.05) is 12.1 Å². The Morgan fingerprint density at radius 1 is 0.914 bits per heavy atom. The maximum absolute atomic E-state index is 13.3. The molecule has 186 valence electrons. The predicted molar refractivity (Wildman–Crippen MR) is 135 cm³/mol. The zero-order chi connectivity index (χ0) is 24.4. The highest BCUT2D eigenvalue weighted by Gasteiger charge is 2.37. The minimum absolute atomic E-state index is 0.0100. The number of carbonyl (C=O) groups is 2. The molecule has 1 heterocycles. The van der Waals surface area contributed by atoms with Crippen LogP contribution in [0.3, 0.4) is 0 Å². The van der Waals surface area contributed by atoms with Crippen LogP contribution >= 0.6 is 0 Å². The van der Waals surface area contributed by atoms with Gasteiger partial charge < -0.3 is 20.1 Å². The number of fused-ring (bicyclic) bond motifs is 1. The Morgan fingerprint density at radius 2 is 1.66 bits per heavy atom. The molecule has 0 spiro atoms. The van der Waals surface area contributed by atoms with Crippen molar-refractivity contribution in [3.05, 3.63) is 53.1 Å². The molecule has 1 aliphatic heterocycles. The average molecular weight is 478 g/mol. The van der Waals surface area contributed by atoms with E-state index in [0.29, 0.717) is 43.6 Å². The van der Waals surface area contributed by atoms with E-state index < -0.39 is 0 Å². The summed E-state index contributed by atoms with van der Waals surface area (Å²) in [7, 11) is 3.25. The van der Waals surface area contributed by atoms with Crippen LogP contribution in [-0.4, -0.2) is 50.1 Å². The molecule has 5 rings (SSSR count). The molecule has 0 radical (unpaired) electrons. The van der Waals surface area contributed by atoms with E-state index in [1.54, 1.807) is 14.2 Å². The third-order valence-corrected chi connectivity index (χ3v) is 7.41. The quantitative estimate of drug-likeness (QED) is 0.608. The monoisotopic (exact) mass is 477 g/mol. The predicted octanol–water partition coefficient (Wildman–Crippen LogP) is 3.55. The summed E-state index contributed by atoms with van der Waals surface area (Å²) < 4.78 is 10.8. The van der Waals surface area contributed by atoms with Gasteiger partial charge in [0, 0.05) is 31.4 Å². The van der Waals surface area contributed by atoms with Crippen LogP contribution in [0.4, 0.5) is 5.69 Å². The summed E-state index contributed by atoms with van der Waals surface area (Å²) in [5, 5.41) is 6.28. The molecule has 7 nitrogen and oxygen atoms in total. The highest BCUT2D eigenvalue weighted by Crippen LogP contribution is 2.31. The number of hydrogen-bond acceptors (Lipinski definition) is 5. The van der Waals surface area contributed by atoms with Gasteiger partial charge in [-0.25, -0.2) is 0 Å². The van der Waals surface area contributed by atoms with Crippen LogP contribution in [0.2, 0.25) is 0 Å². The number of carbonyl (C=O) groups excluding carboxylic acids is 2. The van der Waals surface area contributed by atoms with E-state index in [4.69, 9.17) is 9.47 Å². The normalized spacial score (nSPS) is 21.8. The lowest BCUT2D eigenvalue weighted by atomic mass is 9.87. The topological polar surface area (TPSA) is 79.9 Å². The van der Waals surface area contributed by atoms with Crippen LogP contribution in [0, 0.1) is 11.8 Å². The molecule has 7 heteroatoms. The number of nitrogens with one attached hydrogen (secondary N) is 2. The molecule has 3 aliphatic rings. The van der Waals surface area contributed by atoms with Crippen LogP contribution in [0.15, 0.2) is 36.4 Å².